The molecule has 0 unspecified atom stereocenters. The van der Waals surface area contributed by atoms with E-state index < -0.39 is 0 Å². The lowest BCUT2D eigenvalue weighted by molar-refractivity contribution is 0.700. The molecule has 0 aliphatic heterocycles. The lowest BCUT2D eigenvalue weighted by atomic mass is 10.1. The average Bonchev–Trinajstić information content (AvgIpc) is 2.13. The number of allylic oxidation sites excluding steroid dienone is 2. The molecule has 0 spiro atoms. The van der Waals surface area contributed by atoms with Gasteiger partial charge in [0.25, 0.3) is 0 Å². The van der Waals surface area contributed by atoms with Crippen LogP contribution in [-0.2, 0) is 0 Å². The second kappa shape index (κ2) is 9.83. The van der Waals surface area contributed by atoms with E-state index in [1.54, 1.807) is 5.57 Å². The van der Waals surface area contributed by atoms with Gasteiger partial charge in [0.15, 0.2) is 0 Å². The molecule has 0 aromatic carbocycles. The Morgan fingerprint density at radius 1 is 0.923 bits per heavy atom. The van der Waals surface area contributed by atoms with Gasteiger partial charge in [-0.15, -0.1) is 0 Å². The molecule has 0 aliphatic rings. The summed E-state index contributed by atoms with van der Waals surface area (Å²) in [5.74, 6) is 0. The third-order valence-electron chi connectivity index (χ3n) is 2.48. The Morgan fingerprint density at radius 3 is 2.15 bits per heavy atom. The summed E-state index contributed by atoms with van der Waals surface area (Å²) in [4.78, 5) is 0. The summed E-state index contributed by atoms with van der Waals surface area (Å²) in [7, 11) is 0. The number of unbranched alkanes of at least 4 members (excludes halogenated alkanes) is 5. The molecule has 0 N–H and O–H groups in total. The van der Waals surface area contributed by atoms with E-state index in [1.807, 2.05) is 0 Å². The predicted octanol–water partition coefficient (Wildman–Crippen LogP) is 5.09. The summed E-state index contributed by atoms with van der Waals surface area (Å²) in [5.41, 5.74) is 1.60. The van der Waals surface area contributed by atoms with Gasteiger partial charge in [-0.2, -0.15) is 0 Å². The molecule has 0 atom stereocenters. The largest absolute Gasteiger partial charge is 0.0856 e. The Labute approximate surface area is 84.4 Å². The van der Waals surface area contributed by atoms with Gasteiger partial charge in [-0.3, -0.25) is 0 Å². The molecule has 0 nitrogen and oxygen atoms in total. The first-order valence-electron chi connectivity index (χ1n) is 5.96. The highest BCUT2D eigenvalue weighted by molar-refractivity contribution is 4.97. The van der Waals surface area contributed by atoms with Crippen molar-refractivity contribution in [2.75, 3.05) is 0 Å². The molecule has 0 radical (unpaired) electrons. The molecule has 0 aliphatic carbocycles. The van der Waals surface area contributed by atoms with E-state index in [0.29, 0.717) is 0 Å². The van der Waals surface area contributed by atoms with E-state index in [2.05, 4.69) is 26.8 Å². The second-order valence-electron chi connectivity index (χ2n) is 4.00. The summed E-state index contributed by atoms with van der Waals surface area (Å²) >= 11 is 0. The zero-order chi connectivity index (χ0) is 9.94. The minimum atomic E-state index is 1.30. The Hall–Kier alpha value is -0.260. The lowest BCUT2D eigenvalue weighted by Gasteiger charge is -2.00. The molecule has 0 heterocycles. The summed E-state index contributed by atoms with van der Waals surface area (Å²) in [6, 6.07) is 0. The molecule has 0 saturated carbocycles. The monoisotopic (exact) mass is 182 g/mol. The first kappa shape index (κ1) is 12.7. The third-order valence-corrected chi connectivity index (χ3v) is 2.48. The van der Waals surface area contributed by atoms with Gasteiger partial charge in [0.05, 0.1) is 0 Å². The van der Waals surface area contributed by atoms with Gasteiger partial charge in [-0.05, 0) is 32.6 Å². The van der Waals surface area contributed by atoms with Crippen LogP contribution in [0.25, 0.3) is 0 Å². The van der Waals surface area contributed by atoms with Crippen molar-refractivity contribution >= 4 is 0 Å². The highest BCUT2D eigenvalue weighted by Crippen LogP contribution is 2.10. The van der Waals surface area contributed by atoms with Gasteiger partial charge >= 0.3 is 0 Å². The first-order chi connectivity index (χ1) is 6.31. The highest BCUT2D eigenvalue weighted by atomic mass is 14.0. The molecule has 0 rings (SSSR count). The number of hydrogen-bond acceptors (Lipinski definition) is 0. The molecule has 0 aromatic heterocycles. The Bertz CT molecular complexity index is 122. The van der Waals surface area contributed by atoms with Crippen molar-refractivity contribution in [3.63, 3.8) is 0 Å². The van der Waals surface area contributed by atoms with Gasteiger partial charge in [-0.1, -0.05) is 51.2 Å². The fourth-order valence-corrected chi connectivity index (χ4v) is 1.50. The van der Waals surface area contributed by atoms with Gasteiger partial charge in [0.1, 0.15) is 0 Å². The average molecular weight is 182 g/mol. The summed E-state index contributed by atoms with van der Waals surface area (Å²) in [6.07, 6.45) is 13.3. The molecule has 0 bridgehead atoms. The molecule has 78 valence electrons. The SMILES string of the molecule is CCCCC/C=C(\C)CCCCC. The van der Waals surface area contributed by atoms with Crippen LogP contribution in [0.5, 0.6) is 0 Å². The van der Waals surface area contributed by atoms with Gasteiger partial charge < -0.3 is 0 Å². The topological polar surface area (TPSA) is 0 Å². The van der Waals surface area contributed by atoms with Crippen LogP contribution >= 0.6 is 0 Å². The minimum Gasteiger partial charge on any atom is -0.0856 e. The smallest absolute Gasteiger partial charge is 0.0323 e. The molecule has 13 heavy (non-hydrogen) atoms. The van der Waals surface area contributed by atoms with Crippen molar-refractivity contribution in [3.8, 4) is 0 Å². The Kier molecular flexibility index (Phi) is 9.63. The summed E-state index contributed by atoms with van der Waals surface area (Å²) in [6.45, 7) is 6.81. The van der Waals surface area contributed by atoms with Gasteiger partial charge in [-0.25, -0.2) is 0 Å². The predicted molar refractivity (Wildman–Crippen MR) is 62.0 cm³/mol. The normalized spacial score (nSPS) is 12.1. The second-order valence-corrected chi connectivity index (χ2v) is 4.00. The summed E-state index contributed by atoms with van der Waals surface area (Å²) < 4.78 is 0. The van der Waals surface area contributed by atoms with E-state index in [4.69, 9.17) is 0 Å². The Balaban J connectivity index is 3.29. The molecular weight excluding hydrogens is 156 g/mol. The quantitative estimate of drug-likeness (QED) is 0.362. The van der Waals surface area contributed by atoms with Crippen molar-refractivity contribution in [1.82, 2.24) is 0 Å². The van der Waals surface area contributed by atoms with Crippen molar-refractivity contribution < 1.29 is 0 Å². The van der Waals surface area contributed by atoms with Crippen molar-refractivity contribution in [2.24, 2.45) is 0 Å². The summed E-state index contributed by atoms with van der Waals surface area (Å²) in [5, 5.41) is 0. The third kappa shape index (κ3) is 9.66. The maximum absolute atomic E-state index is 2.44. The molecular formula is C13H26. The first-order valence-corrected chi connectivity index (χ1v) is 5.96. The van der Waals surface area contributed by atoms with E-state index in [9.17, 15) is 0 Å². The molecule has 0 heteroatoms. The maximum atomic E-state index is 2.44. The van der Waals surface area contributed by atoms with Crippen molar-refractivity contribution in [1.29, 1.82) is 0 Å². The maximum Gasteiger partial charge on any atom is -0.0323 e. The van der Waals surface area contributed by atoms with Crippen LogP contribution in [0.15, 0.2) is 11.6 Å². The van der Waals surface area contributed by atoms with Crippen LogP contribution in [0.2, 0.25) is 0 Å². The van der Waals surface area contributed by atoms with Gasteiger partial charge in [0.2, 0.25) is 0 Å². The fraction of sp³-hybridized carbons (Fsp3) is 0.846. The highest BCUT2D eigenvalue weighted by Gasteiger charge is 1.90. The van der Waals surface area contributed by atoms with Crippen LogP contribution in [0.3, 0.4) is 0 Å². The van der Waals surface area contributed by atoms with Crippen LogP contribution < -0.4 is 0 Å². The molecule has 0 saturated heterocycles. The zero-order valence-electron chi connectivity index (χ0n) is 9.73. The van der Waals surface area contributed by atoms with Crippen molar-refractivity contribution in [3.05, 3.63) is 11.6 Å². The van der Waals surface area contributed by atoms with E-state index in [0.717, 1.165) is 0 Å². The van der Waals surface area contributed by atoms with Crippen LogP contribution in [0.4, 0.5) is 0 Å². The van der Waals surface area contributed by atoms with Gasteiger partial charge in [0, 0.05) is 0 Å². The van der Waals surface area contributed by atoms with Crippen LogP contribution in [0.1, 0.15) is 72.1 Å². The number of rotatable bonds is 8. The minimum absolute atomic E-state index is 1.30. The van der Waals surface area contributed by atoms with Crippen molar-refractivity contribution in [2.45, 2.75) is 72.1 Å². The van der Waals surface area contributed by atoms with Crippen LogP contribution in [0, 0.1) is 0 Å². The molecule has 0 fully saturated rings. The zero-order valence-corrected chi connectivity index (χ0v) is 9.73. The standard InChI is InChI=1S/C13H26/c1-4-6-8-10-12-13(3)11-9-7-5-2/h12H,4-11H2,1-3H3/b13-12+. The van der Waals surface area contributed by atoms with E-state index in [1.165, 1.54) is 51.4 Å². The number of hydrogen-bond donors (Lipinski definition) is 0. The Morgan fingerprint density at radius 2 is 1.54 bits per heavy atom. The lowest BCUT2D eigenvalue weighted by Crippen LogP contribution is -1.80. The fourth-order valence-electron chi connectivity index (χ4n) is 1.50. The van der Waals surface area contributed by atoms with Crippen LogP contribution in [-0.4, -0.2) is 0 Å². The van der Waals surface area contributed by atoms with E-state index in [-0.39, 0.29) is 0 Å². The van der Waals surface area contributed by atoms with E-state index >= 15 is 0 Å². The molecule has 0 aromatic rings. The molecule has 0 amide bonds.